The van der Waals surface area contributed by atoms with Crippen LogP contribution < -0.4 is 0 Å². The van der Waals surface area contributed by atoms with Gasteiger partial charge in [-0.1, -0.05) is 36.4 Å². The molecular formula is C12H12O. The summed E-state index contributed by atoms with van der Waals surface area (Å²) in [6.07, 6.45) is 3.70. The molecule has 1 aromatic rings. The van der Waals surface area contributed by atoms with E-state index in [-0.39, 0.29) is 12.2 Å². The fraction of sp³-hybridized carbons (Fsp3) is 0.167. The van der Waals surface area contributed by atoms with Gasteiger partial charge in [-0.15, -0.1) is 13.2 Å². The van der Waals surface area contributed by atoms with Gasteiger partial charge in [0.1, 0.15) is 12.2 Å². The summed E-state index contributed by atoms with van der Waals surface area (Å²) in [6.45, 7) is 7.50. The average Bonchev–Trinajstić information content (AvgIpc) is 2.56. The molecule has 1 nitrogen and oxygen atoms in total. The van der Waals surface area contributed by atoms with Crippen molar-refractivity contribution in [3.05, 3.63) is 60.7 Å². The Labute approximate surface area is 78.3 Å². The highest BCUT2D eigenvalue weighted by Gasteiger charge is 2.26. The molecule has 66 valence electrons. The van der Waals surface area contributed by atoms with Crippen molar-refractivity contribution in [3.8, 4) is 0 Å². The Kier molecular flexibility index (Phi) is 2.03. The topological polar surface area (TPSA) is 9.23 Å². The summed E-state index contributed by atoms with van der Waals surface area (Å²) in [5, 5.41) is 0. The van der Waals surface area contributed by atoms with E-state index < -0.39 is 0 Å². The zero-order chi connectivity index (χ0) is 9.26. The monoisotopic (exact) mass is 172 g/mol. The summed E-state index contributed by atoms with van der Waals surface area (Å²) in [5.41, 5.74) is 2.42. The van der Waals surface area contributed by atoms with Gasteiger partial charge >= 0.3 is 0 Å². The number of rotatable bonds is 2. The van der Waals surface area contributed by atoms with Crippen LogP contribution in [0.1, 0.15) is 23.3 Å². The van der Waals surface area contributed by atoms with Gasteiger partial charge in [0.2, 0.25) is 0 Å². The Bertz CT molecular complexity index is 308. The van der Waals surface area contributed by atoms with Gasteiger partial charge in [-0.05, 0) is 11.1 Å². The summed E-state index contributed by atoms with van der Waals surface area (Å²) in [5.74, 6) is 0. The standard InChI is InChI=1S/C12H12O/c1-3-11-9-7-5-6-8-10(9)12(4-2)13-11/h3-8,11-12H,1-2H2. The van der Waals surface area contributed by atoms with Gasteiger partial charge in [-0.3, -0.25) is 0 Å². The van der Waals surface area contributed by atoms with Crippen molar-refractivity contribution in [1.82, 2.24) is 0 Å². The molecule has 0 bridgehead atoms. The Balaban J connectivity index is 2.49. The van der Waals surface area contributed by atoms with Crippen LogP contribution in [-0.4, -0.2) is 0 Å². The number of benzene rings is 1. The molecule has 0 N–H and O–H groups in total. The fourth-order valence-corrected chi connectivity index (χ4v) is 1.70. The lowest BCUT2D eigenvalue weighted by atomic mass is 10.0. The summed E-state index contributed by atoms with van der Waals surface area (Å²) in [6, 6.07) is 8.19. The second-order valence-corrected chi connectivity index (χ2v) is 3.08. The predicted molar refractivity (Wildman–Crippen MR) is 53.4 cm³/mol. The molecule has 0 saturated heterocycles. The van der Waals surface area contributed by atoms with Crippen molar-refractivity contribution in [2.75, 3.05) is 0 Å². The molecule has 13 heavy (non-hydrogen) atoms. The third-order valence-electron chi connectivity index (χ3n) is 2.33. The van der Waals surface area contributed by atoms with E-state index in [4.69, 9.17) is 4.74 Å². The van der Waals surface area contributed by atoms with Crippen molar-refractivity contribution in [1.29, 1.82) is 0 Å². The lowest BCUT2D eigenvalue weighted by Gasteiger charge is -2.05. The Hall–Kier alpha value is -1.34. The van der Waals surface area contributed by atoms with Crippen LogP contribution in [0.15, 0.2) is 49.6 Å². The first-order valence-corrected chi connectivity index (χ1v) is 4.36. The molecule has 2 rings (SSSR count). The predicted octanol–water partition coefficient (Wildman–Crippen LogP) is 3.17. The van der Waals surface area contributed by atoms with Gasteiger partial charge in [0.05, 0.1) is 0 Å². The molecule has 0 radical (unpaired) electrons. The third-order valence-corrected chi connectivity index (χ3v) is 2.33. The number of hydrogen-bond acceptors (Lipinski definition) is 1. The van der Waals surface area contributed by atoms with E-state index in [2.05, 4.69) is 25.3 Å². The zero-order valence-electron chi connectivity index (χ0n) is 7.44. The van der Waals surface area contributed by atoms with Gasteiger partial charge in [0.15, 0.2) is 0 Å². The summed E-state index contributed by atoms with van der Waals surface area (Å²) >= 11 is 0. The average molecular weight is 172 g/mol. The zero-order valence-corrected chi connectivity index (χ0v) is 7.44. The molecule has 0 fully saturated rings. The van der Waals surface area contributed by atoms with E-state index in [1.807, 2.05) is 24.3 Å². The van der Waals surface area contributed by atoms with E-state index in [1.165, 1.54) is 11.1 Å². The highest BCUT2D eigenvalue weighted by Crippen LogP contribution is 2.39. The fourth-order valence-electron chi connectivity index (χ4n) is 1.70. The molecular weight excluding hydrogens is 160 g/mol. The first-order chi connectivity index (χ1) is 6.36. The Morgan fingerprint density at radius 3 is 1.85 bits per heavy atom. The van der Waals surface area contributed by atoms with Crippen molar-refractivity contribution in [2.24, 2.45) is 0 Å². The summed E-state index contributed by atoms with van der Waals surface area (Å²) in [4.78, 5) is 0. The van der Waals surface area contributed by atoms with Gasteiger partial charge in [0.25, 0.3) is 0 Å². The van der Waals surface area contributed by atoms with Crippen LogP contribution in [0.2, 0.25) is 0 Å². The molecule has 0 spiro atoms. The SMILES string of the molecule is C=CC1OC(C=C)c2ccccc21. The second-order valence-electron chi connectivity index (χ2n) is 3.08. The minimum Gasteiger partial charge on any atom is -0.357 e. The van der Waals surface area contributed by atoms with Crippen LogP contribution in [0.3, 0.4) is 0 Å². The molecule has 0 aliphatic carbocycles. The molecule has 1 aliphatic heterocycles. The van der Waals surface area contributed by atoms with E-state index in [9.17, 15) is 0 Å². The number of ether oxygens (including phenoxy) is 1. The molecule has 0 aromatic heterocycles. The molecule has 0 saturated carbocycles. The molecule has 2 unspecified atom stereocenters. The largest absolute Gasteiger partial charge is 0.357 e. The summed E-state index contributed by atoms with van der Waals surface area (Å²) in [7, 11) is 0. The van der Waals surface area contributed by atoms with Crippen LogP contribution >= 0.6 is 0 Å². The van der Waals surface area contributed by atoms with Gasteiger partial charge in [-0.25, -0.2) is 0 Å². The van der Waals surface area contributed by atoms with E-state index in [1.54, 1.807) is 0 Å². The maximum atomic E-state index is 5.69. The molecule has 2 atom stereocenters. The first kappa shape index (κ1) is 8.27. The third kappa shape index (κ3) is 1.21. The lowest BCUT2D eigenvalue weighted by molar-refractivity contribution is 0.0678. The van der Waals surface area contributed by atoms with Crippen LogP contribution in [0, 0.1) is 0 Å². The van der Waals surface area contributed by atoms with E-state index in [0.717, 1.165) is 0 Å². The van der Waals surface area contributed by atoms with Crippen LogP contribution in [0.25, 0.3) is 0 Å². The van der Waals surface area contributed by atoms with Crippen molar-refractivity contribution in [3.63, 3.8) is 0 Å². The Morgan fingerprint density at radius 2 is 1.46 bits per heavy atom. The Morgan fingerprint density at radius 1 is 1.00 bits per heavy atom. The number of hydrogen-bond donors (Lipinski definition) is 0. The molecule has 1 heteroatoms. The second kappa shape index (κ2) is 3.19. The van der Waals surface area contributed by atoms with Crippen molar-refractivity contribution < 1.29 is 4.74 Å². The van der Waals surface area contributed by atoms with E-state index in [0.29, 0.717) is 0 Å². The van der Waals surface area contributed by atoms with Gasteiger partial charge in [0, 0.05) is 0 Å². The number of fused-ring (bicyclic) bond motifs is 1. The molecule has 1 aliphatic rings. The quantitative estimate of drug-likeness (QED) is 0.622. The van der Waals surface area contributed by atoms with E-state index >= 15 is 0 Å². The van der Waals surface area contributed by atoms with Crippen LogP contribution in [0.5, 0.6) is 0 Å². The smallest absolute Gasteiger partial charge is 0.102 e. The lowest BCUT2D eigenvalue weighted by Crippen LogP contribution is -1.91. The molecule has 0 amide bonds. The maximum absolute atomic E-state index is 5.69. The molecule has 1 heterocycles. The van der Waals surface area contributed by atoms with Gasteiger partial charge < -0.3 is 4.74 Å². The van der Waals surface area contributed by atoms with Crippen LogP contribution in [0.4, 0.5) is 0 Å². The molecule has 1 aromatic carbocycles. The van der Waals surface area contributed by atoms with Gasteiger partial charge in [-0.2, -0.15) is 0 Å². The normalized spacial score (nSPS) is 25.2. The highest BCUT2D eigenvalue weighted by atomic mass is 16.5. The summed E-state index contributed by atoms with van der Waals surface area (Å²) < 4.78 is 5.69. The van der Waals surface area contributed by atoms with Crippen molar-refractivity contribution in [2.45, 2.75) is 12.2 Å². The highest BCUT2D eigenvalue weighted by molar-refractivity contribution is 5.38. The first-order valence-electron chi connectivity index (χ1n) is 4.36. The van der Waals surface area contributed by atoms with Crippen LogP contribution in [-0.2, 0) is 4.74 Å². The minimum atomic E-state index is 0.0270. The van der Waals surface area contributed by atoms with Crippen molar-refractivity contribution >= 4 is 0 Å². The maximum Gasteiger partial charge on any atom is 0.102 e. The minimum absolute atomic E-state index is 0.0270.